The monoisotopic (exact) mass is 452 g/mol. The molecule has 4 heterocycles. The van der Waals surface area contributed by atoms with Crippen LogP contribution in [0.3, 0.4) is 0 Å². The van der Waals surface area contributed by atoms with E-state index in [0.717, 1.165) is 17.3 Å². The molecule has 4 aromatic rings. The second kappa shape index (κ2) is 8.08. The number of halogens is 2. The van der Waals surface area contributed by atoms with Crippen molar-refractivity contribution in [2.24, 2.45) is 0 Å². The van der Waals surface area contributed by atoms with Gasteiger partial charge in [-0.2, -0.15) is 5.10 Å². The molecule has 2 bridgehead atoms. The zero-order valence-corrected chi connectivity index (χ0v) is 17.7. The van der Waals surface area contributed by atoms with E-state index in [1.54, 1.807) is 29.8 Å². The van der Waals surface area contributed by atoms with E-state index in [2.05, 4.69) is 25.7 Å². The lowest BCUT2D eigenvalue weighted by molar-refractivity contribution is 0.0932. The summed E-state index contributed by atoms with van der Waals surface area (Å²) < 4.78 is 21.3. The number of aromatic nitrogens is 4. The molecule has 0 radical (unpaired) electrons. The van der Waals surface area contributed by atoms with Gasteiger partial charge in [0.25, 0.3) is 5.91 Å². The highest BCUT2D eigenvalue weighted by Gasteiger charge is 2.20. The fourth-order valence-electron chi connectivity index (χ4n) is 3.49. The Kier molecular flexibility index (Phi) is 5.10. The first-order valence-corrected chi connectivity index (χ1v) is 10.3. The lowest BCUT2D eigenvalue weighted by Crippen LogP contribution is -2.33. The molecule has 8 nitrogen and oxygen atoms in total. The van der Waals surface area contributed by atoms with Crippen LogP contribution in [0.25, 0.3) is 16.8 Å². The maximum Gasteiger partial charge on any atom is 0.256 e. The second-order valence-electron chi connectivity index (χ2n) is 7.45. The summed E-state index contributed by atoms with van der Waals surface area (Å²) in [4.78, 5) is 21.5. The maximum atomic E-state index is 13.9. The summed E-state index contributed by atoms with van der Waals surface area (Å²) in [6.45, 7) is 2.24. The quantitative estimate of drug-likeness (QED) is 0.457. The number of nitrogens with zero attached hydrogens (tertiary/aromatic N) is 4. The molecule has 1 aliphatic heterocycles. The Morgan fingerprint density at radius 1 is 1.19 bits per heavy atom. The molecule has 1 aromatic carbocycles. The number of carbonyl (C=O) groups excluding carboxylic acids is 1. The van der Waals surface area contributed by atoms with E-state index in [-0.39, 0.29) is 31.0 Å². The number of anilines is 1. The molecule has 0 saturated heterocycles. The normalized spacial score (nSPS) is 16.2. The van der Waals surface area contributed by atoms with E-state index < -0.39 is 5.82 Å². The average molecular weight is 453 g/mol. The van der Waals surface area contributed by atoms with Crippen molar-refractivity contribution in [3.8, 4) is 17.0 Å². The van der Waals surface area contributed by atoms with Crippen molar-refractivity contribution in [1.82, 2.24) is 24.9 Å². The van der Waals surface area contributed by atoms with Gasteiger partial charge in [0.05, 0.1) is 18.9 Å². The Morgan fingerprint density at radius 3 is 2.81 bits per heavy atom. The molecule has 0 saturated carbocycles. The molecule has 5 rings (SSSR count). The van der Waals surface area contributed by atoms with Crippen LogP contribution < -0.4 is 15.4 Å². The van der Waals surface area contributed by atoms with Crippen LogP contribution >= 0.6 is 11.6 Å². The largest absolute Gasteiger partial charge is 0.473 e. The van der Waals surface area contributed by atoms with Gasteiger partial charge in [-0.15, -0.1) is 0 Å². The molecular formula is C22H18ClFN6O2. The number of rotatable bonds is 1. The molecule has 0 unspecified atom stereocenters. The zero-order valence-electron chi connectivity index (χ0n) is 17.0. The van der Waals surface area contributed by atoms with E-state index in [1.165, 1.54) is 12.3 Å². The highest BCUT2D eigenvalue weighted by molar-refractivity contribution is 6.30. The van der Waals surface area contributed by atoms with E-state index in [9.17, 15) is 9.18 Å². The fraction of sp³-hybridized carbons (Fsp3) is 0.182. The smallest absolute Gasteiger partial charge is 0.256 e. The standard InChI is InChI=1S/C22H18ClFN6O2/c1-12-7-26-21(31)17-10-28-30-11-18(13-2-4-15(23)5-3-13)19(29-20(17)30)25-8-14-6-16(24)9-27-22(14)32-12/h2-6,9-12H,7-8H2,1H3,(H,25,29)(H,26,31)/t12-/m0/s1. The number of benzene rings is 1. The third-order valence-electron chi connectivity index (χ3n) is 5.09. The number of amides is 1. The number of ether oxygens (including phenoxy) is 1. The van der Waals surface area contributed by atoms with E-state index in [0.29, 0.717) is 27.6 Å². The first-order chi connectivity index (χ1) is 15.5. The summed E-state index contributed by atoms with van der Waals surface area (Å²) in [6.07, 6.45) is 3.98. The summed E-state index contributed by atoms with van der Waals surface area (Å²) in [5.74, 6) is -0.00703. The number of pyridine rings is 1. The highest BCUT2D eigenvalue weighted by Crippen LogP contribution is 2.30. The molecule has 0 fully saturated rings. The van der Waals surface area contributed by atoms with Gasteiger partial charge in [0.2, 0.25) is 5.88 Å². The lowest BCUT2D eigenvalue weighted by atomic mass is 10.1. The van der Waals surface area contributed by atoms with Crippen LogP contribution in [0.4, 0.5) is 10.2 Å². The average Bonchev–Trinajstić information content (AvgIpc) is 3.20. The summed E-state index contributed by atoms with van der Waals surface area (Å²) in [5, 5.41) is 11.0. The van der Waals surface area contributed by atoms with Gasteiger partial charge in [-0.25, -0.2) is 18.9 Å². The van der Waals surface area contributed by atoms with Gasteiger partial charge < -0.3 is 15.4 Å². The summed E-state index contributed by atoms with van der Waals surface area (Å²) in [5.41, 5.74) is 2.84. The number of hydrogen-bond acceptors (Lipinski definition) is 6. The molecule has 0 spiro atoms. The molecule has 1 amide bonds. The molecule has 0 aliphatic carbocycles. The topological polar surface area (TPSA) is 93.4 Å². The number of fused-ring (bicyclic) bond motifs is 2. The van der Waals surface area contributed by atoms with Gasteiger partial charge in [0.1, 0.15) is 23.3 Å². The van der Waals surface area contributed by atoms with Gasteiger partial charge in [-0.1, -0.05) is 23.7 Å². The molecule has 10 heteroatoms. The van der Waals surface area contributed by atoms with Crippen molar-refractivity contribution >= 4 is 29.0 Å². The minimum absolute atomic E-state index is 0.210. The first kappa shape index (κ1) is 20.2. The van der Waals surface area contributed by atoms with Crippen molar-refractivity contribution in [3.05, 3.63) is 70.9 Å². The van der Waals surface area contributed by atoms with Crippen molar-refractivity contribution in [3.63, 3.8) is 0 Å². The van der Waals surface area contributed by atoms with Crippen LogP contribution in [-0.2, 0) is 6.54 Å². The number of nitrogens with one attached hydrogen (secondary N) is 2. The summed E-state index contributed by atoms with van der Waals surface area (Å²) >= 11 is 6.05. The van der Waals surface area contributed by atoms with Gasteiger partial charge >= 0.3 is 0 Å². The van der Waals surface area contributed by atoms with Gasteiger partial charge in [0, 0.05) is 28.9 Å². The molecule has 1 atom stereocenters. The molecule has 162 valence electrons. The zero-order chi connectivity index (χ0) is 22.2. The molecule has 3 aromatic heterocycles. The van der Waals surface area contributed by atoms with Crippen LogP contribution in [0.2, 0.25) is 5.02 Å². The van der Waals surface area contributed by atoms with Crippen LogP contribution in [-0.4, -0.2) is 38.1 Å². The molecule has 1 aliphatic rings. The molecule has 32 heavy (non-hydrogen) atoms. The number of hydrogen-bond donors (Lipinski definition) is 2. The van der Waals surface area contributed by atoms with Crippen LogP contribution in [0.5, 0.6) is 5.88 Å². The second-order valence-corrected chi connectivity index (χ2v) is 7.88. The third kappa shape index (κ3) is 3.82. The van der Waals surface area contributed by atoms with Gasteiger partial charge in [-0.3, -0.25) is 4.79 Å². The van der Waals surface area contributed by atoms with E-state index in [4.69, 9.17) is 16.3 Å². The van der Waals surface area contributed by atoms with Crippen molar-refractivity contribution < 1.29 is 13.9 Å². The van der Waals surface area contributed by atoms with Crippen molar-refractivity contribution in [1.29, 1.82) is 0 Å². The maximum absolute atomic E-state index is 13.9. The minimum Gasteiger partial charge on any atom is -0.473 e. The Hall–Kier alpha value is -3.72. The predicted octanol–water partition coefficient (Wildman–Crippen LogP) is 3.71. The Balaban J connectivity index is 1.66. The third-order valence-corrected chi connectivity index (χ3v) is 5.35. The Labute approximate surface area is 187 Å². The highest BCUT2D eigenvalue weighted by atomic mass is 35.5. The Bertz CT molecular complexity index is 1320. The first-order valence-electron chi connectivity index (χ1n) is 9.95. The van der Waals surface area contributed by atoms with Gasteiger partial charge in [0.15, 0.2) is 5.65 Å². The fourth-order valence-corrected chi connectivity index (χ4v) is 3.62. The number of carbonyl (C=O) groups is 1. The Morgan fingerprint density at radius 2 is 2.00 bits per heavy atom. The van der Waals surface area contributed by atoms with Crippen molar-refractivity contribution in [2.45, 2.75) is 19.6 Å². The van der Waals surface area contributed by atoms with E-state index in [1.807, 2.05) is 12.1 Å². The minimum atomic E-state index is -0.473. The van der Waals surface area contributed by atoms with Crippen molar-refractivity contribution in [2.75, 3.05) is 11.9 Å². The van der Waals surface area contributed by atoms with Crippen LogP contribution in [0, 0.1) is 5.82 Å². The lowest BCUT2D eigenvalue weighted by Gasteiger charge is -2.17. The molecule has 2 N–H and O–H groups in total. The summed E-state index contributed by atoms with van der Waals surface area (Å²) in [7, 11) is 0. The summed E-state index contributed by atoms with van der Waals surface area (Å²) in [6, 6.07) is 8.65. The predicted molar refractivity (Wildman–Crippen MR) is 117 cm³/mol. The van der Waals surface area contributed by atoms with Gasteiger partial charge in [-0.05, 0) is 30.7 Å². The van der Waals surface area contributed by atoms with Crippen LogP contribution in [0.15, 0.2) is 48.9 Å². The molecular weight excluding hydrogens is 435 g/mol. The van der Waals surface area contributed by atoms with E-state index >= 15 is 0 Å². The van der Waals surface area contributed by atoms with Crippen LogP contribution in [0.1, 0.15) is 22.8 Å². The SMILES string of the molecule is C[C@H]1CNC(=O)c2cnn3cc(-c4ccc(Cl)cc4)c(nc23)NCc2cc(F)cnc2O1.